The van der Waals surface area contributed by atoms with E-state index in [-0.39, 0.29) is 5.92 Å². The molecule has 0 amide bonds. The fourth-order valence-electron chi connectivity index (χ4n) is 4.22. The van der Waals surface area contributed by atoms with Gasteiger partial charge in [-0.05, 0) is 0 Å². The van der Waals surface area contributed by atoms with Crippen LogP contribution in [0, 0.1) is 5.92 Å². The molecule has 3 aliphatic rings. The number of aliphatic hydroxyl groups excluding tert-OH is 3. The molecule has 6 atom stereocenters. The second kappa shape index (κ2) is 7.50. The van der Waals surface area contributed by atoms with Gasteiger partial charge < -0.3 is 24.8 Å². The maximum atomic E-state index is 11.6. The van der Waals surface area contributed by atoms with Gasteiger partial charge in [0.05, 0.1) is 19.2 Å². The summed E-state index contributed by atoms with van der Waals surface area (Å²) >= 11 is 0. The lowest BCUT2D eigenvalue weighted by atomic mass is 9.85. The molecule has 1 saturated heterocycles. The molecule has 12 heteroatoms. The van der Waals surface area contributed by atoms with Gasteiger partial charge in [-0.1, -0.05) is 0 Å². The predicted octanol–water partition coefficient (Wildman–Crippen LogP) is -1.21. The summed E-state index contributed by atoms with van der Waals surface area (Å²) in [5, 5.41) is 29.7. The first-order valence-electron chi connectivity index (χ1n) is 9.63. The van der Waals surface area contributed by atoms with E-state index >= 15 is 0 Å². The highest BCUT2D eigenvalue weighted by atomic mass is 16.6. The van der Waals surface area contributed by atoms with E-state index in [2.05, 4.69) is 15.0 Å². The van der Waals surface area contributed by atoms with Crippen LogP contribution in [0.15, 0.2) is 36.3 Å². The van der Waals surface area contributed by atoms with Crippen molar-refractivity contribution >= 4 is 29.6 Å². The topological polar surface area (TPSA) is 160 Å². The number of hydrogen-bond acceptors (Lipinski definition) is 11. The van der Waals surface area contributed by atoms with Gasteiger partial charge in [0.1, 0.15) is 37.2 Å². The van der Waals surface area contributed by atoms with Gasteiger partial charge >= 0.3 is 0 Å². The quantitative estimate of drug-likeness (QED) is 0.489. The summed E-state index contributed by atoms with van der Waals surface area (Å²) in [6.45, 7) is -0.453. The van der Waals surface area contributed by atoms with Crippen molar-refractivity contribution in [2.75, 3.05) is 11.5 Å². The Balaban J connectivity index is 1.55. The maximum absolute atomic E-state index is 11.6. The Kier molecular flexibility index (Phi) is 4.78. The van der Waals surface area contributed by atoms with E-state index in [0.29, 0.717) is 47.1 Å². The van der Waals surface area contributed by atoms with E-state index in [9.17, 15) is 24.9 Å². The number of aliphatic hydroxyl groups is 3. The number of carbonyl (C=O) groups is 2. The summed E-state index contributed by atoms with van der Waals surface area (Å²) < 4.78 is 12.7. The van der Waals surface area contributed by atoms with Crippen LogP contribution in [0.25, 0.3) is 11.2 Å². The molecule has 5 rings (SSSR count). The highest BCUT2D eigenvalue weighted by molar-refractivity contribution is 5.87. The zero-order valence-electron chi connectivity index (χ0n) is 16.1. The van der Waals surface area contributed by atoms with Crippen molar-refractivity contribution in [3.8, 4) is 0 Å². The van der Waals surface area contributed by atoms with E-state index in [1.54, 1.807) is 11.1 Å². The van der Waals surface area contributed by atoms with Gasteiger partial charge in [0.2, 0.25) is 0 Å². The van der Waals surface area contributed by atoms with Crippen LogP contribution < -0.4 is 4.90 Å². The lowest BCUT2D eigenvalue weighted by molar-refractivity contribution is -0.106. The van der Waals surface area contributed by atoms with Crippen molar-refractivity contribution in [1.29, 1.82) is 0 Å². The van der Waals surface area contributed by atoms with Gasteiger partial charge in [-0.25, -0.2) is 15.0 Å². The van der Waals surface area contributed by atoms with Gasteiger partial charge in [0, 0.05) is 29.7 Å². The second-order valence-electron chi connectivity index (χ2n) is 7.52. The molecule has 31 heavy (non-hydrogen) atoms. The lowest BCUT2D eigenvalue weighted by Crippen LogP contribution is -2.42. The summed E-state index contributed by atoms with van der Waals surface area (Å²) in [7, 11) is 0. The first kappa shape index (κ1) is 19.8. The third kappa shape index (κ3) is 2.95. The molecule has 0 aromatic carbocycles. The number of imidazole rings is 1. The van der Waals surface area contributed by atoms with Crippen LogP contribution in [0.5, 0.6) is 0 Å². The zero-order valence-corrected chi connectivity index (χ0v) is 16.1. The molecule has 0 radical (unpaired) electrons. The monoisotopic (exact) mass is 429 g/mol. The van der Waals surface area contributed by atoms with Crippen molar-refractivity contribution in [2.45, 2.75) is 37.2 Å². The fourth-order valence-corrected chi connectivity index (χ4v) is 4.22. The van der Waals surface area contributed by atoms with Crippen LogP contribution in [-0.2, 0) is 19.1 Å². The first-order chi connectivity index (χ1) is 15.1. The van der Waals surface area contributed by atoms with E-state index in [4.69, 9.17) is 9.47 Å². The third-order valence-electron chi connectivity index (χ3n) is 5.85. The standard InChI is InChI=1S/C19H19N5O7/c25-3-9-2-23(13-1-11(9)10(4-26)6-30-13)17-14-18(21-7-20-17)24(8-22-14)19-16(29)15(28)12(5-27)31-19/h2-4,6-8,11-13,15-16,19,27-29H,1,5H2/t11?,12-,13?,15-,16-,19-/m1/s1. The summed E-state index contributed by atoms with van der Waals surface area (Å²) in [5.74, 6) is 0.0140. The Bertz CT molecular complexity index is 1100. The van der Waals surface area contributed by atoms with Crippen LogP contribution in [0.4, 0.5) is 5.82 Å². The Hall–Kier alpha value is -3.19. The number of aromatic nitrogens is 4. The highest BCUT2D eigenvalue weighted by Gasteiger charge is 2.44. The van der Waals surface area contributed by atoms with Crippen LogP contribution in [-0.4, -0.2) is 78.6 Å². The Morgan fingerprint density at radius 1 is 1.13 bits per heavy atom. The van der Waals surface area contributed by atoms with E-state index < -0.39 is 37.4 Å². The van der Waals surface area contributed by atoms with Gasteiger partial charge in [0.25, 0.3) is 0 Å². The molecule has 0 aliphatic carbocycles. The lowest BCUT2D eigenvalue weighted by Gasteiger charge is -2.39. The smallest absolute Gasteiger partial charge is 0.177 e. The maximum Gasteiger partial charge on any atom is 0.177 e. The van der Waals surface area contributed by atoms with Gasteiger partial charge in [-0.2, -0.15) is 0 Å². The van der Waals surface area contributed by atoms with Crippen LogP contribution in [0.3, 0.4) is 0 Å². The highest BCUT2D eigenvalue weighted by Crippen LogP contribution is 2.39. The average Bonchev–Trinajstić information content (AvgIpc) is 3.35. The van der Waals surface area contributed by atoms with Crippen molar-refractivity contribution in [1.82, 2.24) is 19.5 Å². The molecule has 2 unspecified atom stereocenters. The largest absolute Gasteiger partial charge is 0.477 e. The number of anilines is 1. The summed E-state index contributed by atoms with van der Waals surface area (Å²) in [5.41, 5.74) is 1.49. The molecule has 162 valence electrons. The summed E-state index contributed by atoms with van der Waals surface area (Å²) in [4.78, 5) is 37.5. The van der Waals surface area contributed by atoms with E-state index in [1.807, 2.05) is 0 Å². The van der Waals surface area contributed by atoms with Crippen LogP contribution >= 0.6 is 0 Å². The molecule has 3 aliphatic heterocycles. The SMILES string of the molecule is O=CC1=COC2CC1C(C=O)=CN2c1ncnc2c1ncn2[C@@H]1O[C@H](CO)[C@@H](O)[C@H]1O. The average molecular weight is 429 g/mol. The molecule has 2 aromatic rings. The molecule has 5 heterocycles. The zero-order chi connectivity index (χ0) is 21.7. The fraction of sp³-hybridized carbons (Fsp3) is 0.421. The van der Waals surface area contributed by atoms with Gasteiger partial charge in [0.15, 0.2) is 29.4 Å². The van der Waals surface area contributed by atoms with Crippen molar-refractivity contribution in [3.05, 3.63) is 36.3 Å². The number of carbonyl (C=O) groups excluding carboxylic acids is 2. The Morgan fingerprint density at radius 2 is 1.94 bits per heavy atom. The van der Waals surface area contributed by atoms with Gasteiger partial charge in [-0.3, -0.25) is 19.1 Å². The van der Waals surface area contributed by atoms with E-state index in [0.717, 1.165) is 0 Å². The molecule has 0 spiro atoms. The molecule has 1 fully saturated rings. The number of fused-ring (bicyclic) bond motifs is 3. The van der Waals surface area contributed by atoms with Crippen molar-refractivity contribution in [3.63, 3.8) is 0 Å². The Labute approximate surface area is 175 Å². The minimum Gasteiger partial charge on any atom is -0.477 e. The molecule has 2 bridgehead atoms. The van der Waals surface area contributed by atoms with Crippen LogP contribution in [0.2, 0.25) is 0 Å². The molecule has 12 nitrogen and oxygen atoms in total. The first-order valence-corrected chi connectivity index (χ1v) is 9.63. The van der Waals surface area contributed by atoms with Gasteiger partial charge in [-0.15, -0.1) is 0 Å². The minimum absolute atomic E-state index is 0.322. The second-order valence-corrected chi connectivity index (χ2v) is 7.52. The molecule has 3 N–H and O–H groups in total. The number of allylic oxidation sites excluding steroid dienone is 2. The normalized spacial score (nSPS) is 32.4. The minimum atomic E-state index is -1.29. The molecular formula is C19H19N5O7. The third-order valence-corrected chi connectivity index (χ3v) is 5.85. The van der Waals surface area contributed by atoms with Crippen molar-refractivity contribution in [2.24, 2.45) is 5.92 Å². The van der Waals surface area contributed by atoms with E-state index in [1.165, 1.54) is 23.5 Å². The number of rotatable bonds is 5. The summed E-state index contributed by atoms with van der Waals surface area (Å²) in [6.07, 6.45) is 2.39. The van der Waals surface area contributed by atoms with Crippen molar-refractivity contribution < 1.29 is 34.4 Å². The molecular weight excluding hydrogens is 410 g/mol. The number of hydrogen-bond donors (Lipinski definition) is 3. The molecule has 2 aromatic heterocycles. The van der Waals surface area contributed by atoms with Crippen LogP contribution in [0.1, 0.15) is 12.6 Å². The number of nitrogens with zero attached hydrogens (tertiary/aromatic N) is 5. The predicted molar refractivity (Wildman–Crippen MR) is 102 cm³/mol. The molecule has 0 saturated carbocycles. The Morgan fingerprint density at radius 3 is 2.65 bits per heavy atom. The number of ether oxygens (including phenoxy) is 2. The number of aldehydes is 2. The summed E-state index contributed by atoms with van der Waals surface area (Å²) in [6, 6.07) is 0.